The minimum atomic E-state index is -0.418. The number of hydrogen-bond donors (Lipinski definition) is 1. The summed E-state index contributed by atoms with van der Waals surface area (Å²) >= 11 is 4.74. The van der Waals surface area contributed by atoms with Gasteiger partial charge in [0.15, 0.2) is 0 Å². The average Bonchev–Trinajstić information content (AvgIpc) is 3.07. The Balaban J connectivity index is 1.31. The SMILES string of the molecule is OC(CN1CCN(c2ccccn2)CC1)Cn1c2ccc(I)cc2c2cc(I)ccc21. The number of anilines is 1. The Hall–Kier alpha value is -1.43. The fourth-order valence-corrected chi connectivity index (χ4v) is 5.49. The molecule has 0 spiro atoms. The van der Waals surface area contributed by atoms with E-state index in [1.165, 1.54) is 28.9 Å². The van der Waals surface area contributed by atoms with Crippen LogP contribution in [0, 0.1) is 7.14 Å². The Morgan fingerprint density at radius 2 is 1.48 bits per heavy atom. The van der Waals surface area contributed by atoms with Crippen LogP contribution >= 0.6 is 45.2 Å². The van der Waals surface area contributed by atoms with Gasteiger partial charge in [0.1, 0.15) is 5.82 Å². The number of fused-ring (bicyclic) bond motifs is 3. The van der Waals surface area contributed by atoms with E-state index in [2.05, 4.69) is 107 Å². The number of aliphatic hydroxyl groups is 1. The summed E-state index contributed by atoms with van der Waals surface area (Å²) in [6, 6.07) is 19.2. The van der Waals surface area contributed by atoms with Gasteiger partial charge in [-0.2, -0.15) is 0 Å². The summed E-state index contributed by atoms with van der Waals surface area (Å²) in [6.07, 6.45) is 1.43. The van der Waals surface area contributed by atoms with Gasteiger partial charge in [0, 0.05) is 67.9 Å². The number of aromatic nitrogens is 2. The second-order valence-corrected chi connectivity index (χ2v) is 10.6. The number of piperazine rings is 1. The van der Waals surface area contributed by atoms with Crippen LogP contribution in [-0.2, 0) is 6.54 Å². The molecule has 3 heterocycles. The molecule has 1 saturated heterocycles. The van der Waals surface area contributed by atoms with Crippen LogP contribution in [0.2, 0.25) is 0 Å². The highest BCUT2D eigenvalue weighted by molar-refractivity contribution is 14.1. The molecule has 0 bridgehead atoms. The molecule has 1 aliphatic heterocycles. The Kier molecular flexibility index (Phi) is 6.36. The number of hydrogen-bond acceptors (Lipinski definition) is 4. The van der Waals surface area contributed by atoms with Crippen LogP contribution in [0.4, 0.5) is 5.82 Å². The topological polar surface area (TPSA) is 44.5 Å². The summed E-state index contributed by atoms with van der Waals surface area (Å²) in [5, 5.41) is 13.5. The van der Waals surface area contributed by atoms with Gasteiger partial charge in [0.25, 0.3) is 0 Å². The monoisotopic (exact) mass is 638 g/mol. The zero-order valence-corrected chi connectivity index (χ0v) is 21.4. The minimum Gasteiger partial charge on any atom is -0.390 e. The molecule has 5 nitrogen and oxygen atoms in total. The number of rotatable bonds is 5. The largest absolute Gasteiger partial charge is 0.390 e. The maximum atomic E-state index is 11.0. The Morgan fingerprint density at radius 3 is 2.06 bits per heavy atom. The van der Waals surface area contributed by atoms with Gasteiger partial charge < -0.3 is 14.6 Å². The zero-order chi connectivity index (χ0) is 21.4. The lowest BCUT2D eigenvalue weighted by Gasteiger charge is -2.36. The van der Waals surface area contributed by atoms with Gasteiger partial charge >= 0.3 is 0 Å². The molecule has 0 aliphatic carbocycles. The van der Waals surface area contributed by atoms with Gasteiger partial charge in [-0.15, -0.1) is 0 Å². The molecule has 1 atom stereocenters. The molecular formula is C24H24I2N4O. The summed E-state index contributed by atoms with van der Waals surface area (Å²) in [4.78, 5) is 9.15. The quantitative estimate of drug-likeness (QED) is 0.326. The third-order valence-corrected chi connectivity index (χ3v) is 7.34. The summed E-state index contributed by atoms with van der Waals surface area (Å²) in [5.41, 5.74) is 2.38. The molecule has 2 aromatic carbocycles. The van der Waals surface area contributed by atoms with Gasteiger partial charge in [-0.3, -0.25) is 4.90 Å². The van der Waals surface area contributed by atoms with E-state index in [0.29, 0.717) is 13.1 Å². The minimum absolute atomic E-state index is 0.418. The van der Waals surface area contributed by atoms with Crippen molar-refractivity contribution in [1.82, 2.24) is 14.5 Å². The molecule has 1 aliphatic rings. The maximum Gasteiger partial charge on any atom is 0.128 e. The van der Waals surface area contributed by atoms with E-state index < -0.39 is 6.10 Å². The number of pyridine rings is 1. The van der Waals surface area contributed by atoms with Gasteiger partial charge in [0.05, 0.1) is 12.6 Å². The standard InChI is InChI=1S/C24H24I2N4O/c25-17-4-6-22-20(13-17)21-14-18(26)5-7-23(21)30(22)16-19(31)15-28-9-11-29(12-10-28)24-3-1-2-8-27-24/h1-8,13-14,19,31H,9-12,15-16H2. The van der Waals surface area contributed by atoms with Crippen molar-refractivity contribution >= 4 is 72.8 Å². The van der Waals surface area contributed by atoms with E-state index in [1.807, 2.05) is 18.3 Å². The molecule has 5 rings (SSSR count). The lowest BCUT2D eigenvalue weighted by Crippen LogP contribution is -2.49. The van der Waals surface area contributed by atoms with E-state index in [9.17, 15) is 5.11 Å². The molecule has 2 aromatic heterocycles. The lowest BCUT2D eigenvalue weighted by atomic mass is 10.2. The fourth-order valence-electron chi connectivity index (χ4n) is 4.51. The van der Waals surface area contributed by atoms with Crippen molar-refractivity contribution in [2.75, 3.05) is 37.6 Å². The second-order valence-electron chi connectivity index (χ2n) is 8.06. The van der Waals surface area contributed by atoms with Crippen LogP contribution < -0.4 is 4.90 Å². The lowest BCUT2D eigenvalue weighted by molar-refractivity contribution is 0.0968. The third-order valence-electron chi connectivity index (χ3n) is 6.00. The Morgan fingerprint density at radius 1 is 0.839 bits per heavy atom. The van der Waals surface area contributed by atoms with Gasteiger partial charge in [-0.1, -0.05) is 6.07 Å². The fraction of sp³-hybridized carbons (Fsp3) is 0.292. The second kappa shape index (κ2) is 9.21. The first-order valence-corrected chi connectivity index (χ1v) is 12.7. The normalized spacial score (nSPS) is 16.3. The van der Waals surface area contributed by atoms with Crippen molar-refractivity contribution in [3.63, 3.8) is 0 Å². The van der Waals surface area contributed by atoms with Crippen molar-refractivity contribution in [3.05, 3.63) is 67.9 Å². The third kappa shape index (κ3) is 4.55. The van der Waals surface area contributed by atoms with Gasteiger partial charge in [-0.05, 0) is 93.7 Å². The summed E-state index contributed by atoms with van der Waals surface area (Å²) in [6.45, 7) is 5.05. The molecule has 31 heavy (non-hydrogen) atoms. The molecular weight excluding hydrogens is 614 g/mol. The van der Waals surface area contributed by atoms with Crippen LogP contribution in [0.15, 0.2) is 60.8 Å². The number of β-amino-alcohol motifs (C(OH)–C–C–N with tert-alkyl or cyclic N) is 1. The van der Waals surface area contributed by atoms with Gasteiger partial charge in [0.2, 0.25) is 0 Å². The van der Waals surface area contributed by atoms with E-state index >= 15 is 0 Å². The Bertz CT molecular complexity index is 1140. The van der Waals surface area contributed by atoms with Gasteiger partial charge in [-0.25, -0.2) is 4.98 Å². The first kappa shape index (κ1) is 21.4. The molecule has 160 valence electrons. The molecule has 7 heteroatoms. The van der Waals surface area contributed by atoms with Crippen molar-refractivity contribution in [2.45, 2.75) is 12.6 Å². The van der Waals surface area contributed by atoms with E-state index in [-0.39, 0.29) is 0 Å². The van der Waals surface area contributed by atoms with Crippen LogP contribution in [0.25, 0.3) is 21.8 Å². The first-order valence-electron chi connectivity index (χ1n) is 10.5. The van der Waals surface area contributed by atoms with Crippen LogP contribution in [0.5, 0.6) is 0 Å². The van der Waals surface area contributed by atoms with E-state index in [0.717, 1.165) is 32.0 Å². The maximum absolute atomic E-state index is 11.0. The van der Waals surface area contributed by atoms with Crippen molar-refractivity contribution < 1.29 is 5.11 Å². The van der Waals surface area contributed by atoms with E-state index in [1.54, 1.807) is 0 Å². The predicted molar refractivity (Wildman–Crippen MR) is 144 cm³/mol. The highest BCUT2D eigenvalue weighted by Crippen LogP contribution is 2.31. The Labute approximate surface area is 209 Å². The number of aliphatic hydroxyl groups excluding tert-OH is 1. The zero-order valence-electron chi connectivity index (χ0n) is 17.1. The highest BCUT2D eigenvalue weighted by Gasteiger charge is 2.21. The van der Waals surface area contributed by atoms with Crippen LogP contribution in [-0.4, -0.2) is 58.4 Å². The van der Waals surface area contributed by atoms with E-state index in [4.69, 9.17) is 0 Å². The first-order chi connectivity index (χ1) is 15.1. The molecule has 0 saturated carbocycles. The molecule has 1 fully saturated rings. The molecule has 0 radical (unpaired) electrons. The molecule has 4 aromatic rings. The summed E-state index contributed by atoms with van der Waals surface area (Å²) in [5.74, 6) is 1.04. The average molecular weight is 638 g/mol. The number of halogens is 2. The van der Waals surface area contributed by atoms with Crippen molar-refractivity contribution in [3.8, 4) is 0 Å². The smallest absolute Gasteiger partial charge is 0.128 e. The van der Waals surface area contributed by atoms with Crippen LogP contribution in [0.3, 0.4) is 0 Å². The predicted octanol–water partition coefficient (Wildman–Crippen LogP) is 4.58. The summed E-state index contributed by atoms with van der Waals surface area (Å²) < 4.78 is 4.75. The highest BCUT2D eigenvalue weighted by atomic mass is 127. The molecule has 1 N–H and O–H groups in total. The van der Waals surface area contributed by atoms with Crippen molar-refractivity contribution in [1.29, 1.82) is 0 Å². The molecule has 1 unspecified atom stereocenters. The van der Waals surface area contributed by atoms with Crippen LogP contribution in [0.1, 0.15) is 0 Å². The number of benzene rings is 2. The molecule has 0 amide bonds. The summed E-state index contributed by atoms with van der Waals surface area (Å²) in [7, 11) is 0. The number of nitrogens with zero attached hydrogens (tertiary/aromatic N) is 4. The van der Waals surface area contributed by atoms with Crippen molar-refractivity contribution in [2.24, 2.45) is 0 Å².